The predicted molar refractivity (Wildman–Crippen MR) is 116 cm³/mol. The van der Waals surface area contributed by atoms with Gasteiger partial charge in [0, 0.05) is 21.8 Å². The van der Waals surface area contributed by atoms with Gasteiger partial charge < -0.3 is 19.3 Å². The van der Waals surface area contributed by atoms with Gasteiger partial charge in [-0.1, -0.05) is 31.1 Å². The summed E-state index contributed by atoms with van der Waals surface area (Å²) in [5.41, 5.74) is 2.50. The highest BCUT2D eigenvalue weighted by Crippen LogP contribution is 2.34. The molecule has 1 N–H and O–H groups in total. The zero-order valence-electron chi connectivity index (χ0n) is 17.0. The van der Waals surface area contributed by atoms with Crippen molar-refractivity contribution < 1.29 is 18.8 Å². The number of nitrogens with one attached hydrogen (secondary N) is 1. The van der Waals surface area contributed by atoms with E-state index in [0.717, 1.165) is 16.9 Å². The number of aromatic nitrogens is 1. The Kier molecular flexibility index (Phi) is 6.28. The lowest BCUT2D eigenvalue weighted by Crippen LogP contribution is -2.24. The summed E-state index contributed by atoms with van der Waals surface area (Å²) < 4.78 is 16.6. The molecule has 2 heterocycles. The summed E-state index contributed by atoms with van der Waals surface area (Å²) in [6.07, 6.45) is 0.333. The van der Waals surface area contributed by atoms with E-state index in [9.17, 15) is 4.79 Å². The molecular formula is C23H24N2O4S. The number of carbonyl (C=O) groups is 1. The minimum Gasteiger partial charge on any atom is -0.486 e. The van der Waals surface area contributed by atoms with E-state index in [4.69, 9.17) is 14.0 Å². The Morgan fingerprint density at radius 2 is 1.83 bits per heavy atom. The van der Waals surface area contributed by atoms with Crippen molar-refractivity contribution in [2.75, 3.05) is 13.2 Å². The van der Waals surface area contributed by atoms with Crippen LogP contribution in [0.25, 0.3) is 11.3 Å². The Bertz CT molecular complexity index is 1010. The van der Waals surface area contributed by atoms with E-state index >= 15 is 0 Å². The first-order valence-corrected chi connectivity index (χ1v) is 10.8. The molecule has 0 fully saturated rings. The Morgan fingerprint density at radius 1 is 1.07 bits per heavy atom. The van der Waals surface area contributed by atoms with Crippen LogP contribution in [0.4, 0.5) is 0 Å². The number of hydrogen-bond donors (Lipinski definition) is 1. The van der Waals surface area contributed by atoms with Crippen molar-refractivity contribution in [2.24, 2.45) is 0 Å². The Balaban J connectivity index is 1.31. The molecule has 0 saturated heterocycles. The molecule has 7 heteroatoms. The van der Waals surface area contributed by atoms with Gasteiger partial charge in [-0.3, -0.25) is 4.79 Å². The molecule has 1 aliphatic heterocycles. The highest BCUT2D eigenvalue weighted by Gasteiger charge is 2.15. The standard InChI is InChI=1S/C23H24N2O4S/c1-15(2)30-19-6-3-16(4-7-19)11-23(26)24-14-18-13-21(29-25-18)17-5-8-20-22(12-17)28-10-9-27-20/h3-8,12-13,15H,9-11,14H2,1-2H3,(H,24,26). The smallest absolute Gasteiger partial charge is 0.224 e. The van der Waals surface area contributed by atoms with Crippen LogP contribution < -0.4 is 14.8 Å². The summed E-state index contributed by atoms with van der Waals surface area (Å²) >= 11 is 1.81. The van der Waals surface area contributed by atoms with Gasteiger partial charge in [0.2, 0.25) is 5.91 Å². The molecule has 3 aromatic rings. The fourth-order valence-electron chi connectivity index (χ4n) is 3.12. The number of rotatable bonds is 7. The normalized spacial score (nSPS) is 12.8. The average molecular weight is 425 g/mol. The van der Waals surface area contributed by atoms with Gasteiger partial charge in [-0.25, -0.2) is 0 Å². The number of nitrogens with zero attached hydrogens (tertiary/aromatic N) is 1. The average Bonchev–Trinajstić information content (AvgIpc) is 3.22. The van der Waals surface area contributed by atoms with Gasteiger partial charge in [0.1, 0.15) is 18.9 Å². The van der Waals surface area contributed by atoms with Crippen molar-refractivity contribution in [3.8, 4) is 22.8 Å². The lowest BCUT2D eigenvalue weighted by Gasteiger charge is -2.18. The monoisotopic (exact) mass is 424 g/mol. The summed E-state index contributed by atoms with van der Waals surface area (Å²) in [6, 6.07) is 15.6. The van der Waals surface area contributed by atoms with E-state index in [1.165, 1.54) is 4.90 Å². The van der Waals surface area contributed by atoms with Crippen LogP contribution in [0, 0.1) is 0 Å². The van der Waals surface area contributed by atoms with Gasteiger partial charge in [0.25, 0.3) is 0 Å². The first-order chi connectivity index (χ1) is 14.6. The maximum atomic E-state index is 12.3. The molecule has 1 amide bonds. The molecule has 4 rings (SSSR count). The Morgan fingerprint density at radius 3 is 2.60 bits per heavy atom. The van der Waals surface area contributed by atoms with E-state index < -0.39 is 0 Å². The Labute approximate surface area is 179 Å². The molecule has 2 aromatic carbocycles. The first kappa shape index (κ1) is 20.3. The zero-order valence-corrected chi connectivity index (χ0v) is 17.8. The molecule has 1 aliphatic rings. The first-order valence-electron chi connectivity index (χ1n) is 9.95. The third-order valence-electron chi connectivity index (χ3n) is 4.51. The zero-order chi connectivity index (χ0) is 20.9. The Hall–Kier alpha value is -2.93. The summed E-state index contributed by atoms with van der Waals surface area (Å²) in [4.78, 5) is 13.5. The molecule has 0 aliphatic carbocycles. The van der Waals surface area contributed by atoms with Crippen LogP contribution in [0.3, 0.4) is 0 Å². The van der Waals surface area contributed by atoms with Crippen molar-refractivity contribution in [1.29, 1.82) is 0 Å². The molecule has 0 bridgehead atoms. The molecule has 6 nitrogen and oxygen atoms in total. The second-order valence-corrected chi connectivity index (χ2v) is 8.95. The lowest BCUT2D eigenvalue weighted by molar-refractivity contribution is -0.120. The fraction of sp³-hybridized carbons (Fsp3) is 0.304. The third-order valence-corrected chi connectivity index (χ3v) is 5.53. The van der Waals surface area contributed by atoms with E-state index in [2.05, 4.69) is 36.5 Å². The number of fused-ring (bicyclic) bond motifs is 1. The topological polar surface area (TPSA) is 73.6 Å². The van der Waals surface area contributed by atoms with Crippen LogP contribution in [0.15, 0.2) is 57.9 Å². The maximum Gasteiger partial charge on any atom is 0.224 e. The number of ether oxygens (including phenoxy) is 2. The molecule has 0 radical (unpaired) electrons. The van der Waals surface area contributed by atoms with Crippen LogP contribution in [-0.4, -0.2) is 29.5 Å². The van der Waals surface area contributed by atoms with Crippen molar-refractivity contribution >= 4 is 17.7 Å². The van der Waals surface area contributed by atoms with Crippen LogP contribution in [-0.2, 0) is 17.8 Å². The van der Waals surface area contributed by atoms with E-state index in [1.54, 1.807) is 0 Å². The van der Waals surface area contributed by atoms with Gasteiger partial charge in [-0.2, -0.15) is 0 Å². The second kappa shape index (κ2) is 9.26. The number of amides is 1. The van der Waals surface area contributed by atoms with E-state index in [1.807, 2.05) is 48.2 Å². The summed E-state index contributed by atoms with van der Waals surface area (Å²) in [6.45, 7) is 5.72. The lowest BCUT2D eigenvalue weighted by atomic mass is 10.1. The van der Waals surface area contributed by atoms with Gasteiger partial charge in [0.15, 0.2) is 17.3 Å². The van der Waals surface area contributed by atoms with E-state index in [0.29, 0.717) is 48.6 Å². The van der Waals surface area contributed by atoms with Gasteiger partial charge in [-0.15, -0.1) is 11.8 Å². The van der Waals surface area contributed by atoms with Gasteiger partial charge >= 0.3 is 0 Å². The molecule has 1 aromatic heterocycles. The molecule has 0 unspecified atom stereocenters. The van der Waals surface area contributed by atoms with Crippen molar-refractivity contribution in [3.63, 3.8) is 0 Å². The van der Waals surface area contributed by atoms with Gasteiger partial charge in [0.05, 0.1) is 13.0 Å². The third kappa shape index (κ3) is 5.16. The highest BCUT2D eigenvalue weighted by molar-refractivity contribution is 7.99. The number of benzene rings is 2. The number of thioether (sulfide) groups is 1. The van der Waals surface area contributed by atoms with Crippen LogP contribution in [0.2, 0.25) is 0 Å². The summed E-state index contributed by atoms with van der Waals surface area (Å²) in [5.74, 6) is 1.99. The summed E-state index contributed by atoms with van der Waals surface area (Å²) in [5, 5.41) is 7.49. The molecule has 156 valence electrons. The SMILES string of the molecule is CC(C)Sc1ccc(CC(=O)NCc2cc(-c3ccc4c(c3)OCCO4)on2)cc1. The molecule has 30 heavy (non-hydrogen) atoms. The minimum atomic E-state index is -0.0526. The van der Waals surface area contributed by atoms with Crippen molar-refractivity contribution in [3.05, 3.63) is 59.8 Å². The minimum absolute atomic E-state index is 0.0526. The van der Waals surface area contributed by atoms with E-state index in [-0.39, 0.29) is 5.91 Å². The molecule has 0 atom stereocenters. The van der Waals surface area contributed by atoms with Crippen molar-refractivity contribution in [2.45, 2.75) is 37.0 Å². The summed E-state index contributed by atoms with van der Waals surface area (Å²) in [7, 11) is 0. The van der Waals surface area contributed by atoms with Crippen LogP contribution >= 0.6 is 11.8 Å². The molecule has 0 saturated carbocycles. The quantitative estimate of drug-likeness (QED) is 0.564. The van der Waals surface area contributed by atoms with Crippen LogP contribution in [0.5, 0.6) is 11.5 Å². The highest BCUT2D eigenvalue weighted by atomic mass is 32.2. The predicted octanol–water partition coefficient (Wildman–Crippen LogP) is 4.47. The largest absolute Gasteiger partial charge is 0.486 e. The van der Waals surface area contributed by atoms with Crippen LogP contribution in [0.1, 0.15) is 25.1 Å². The van der Waals surface area contributed by atoms with Crippen molar-refractivity contribution in [1.82, 2.24) is 10.5 Å². The maximum absolute atomic E-state index is 12.3. The number of carbonyl (C=O) groups excluding carboxylic acids is 1. The fourth-order valence-corrected chi connectivity index (χ4v) is 3.96. The van der Waals surface area contributed by atoms with Gasteiger partial charge in [-0.05, 0) is 35.9 Å². The number of hydrogen-bond acceptors (Lipinski definition) is 6. The molecule has 0 spiro atoms. The second-order valence-electron chi connectivity index (χ2n) is 7.31. The molecular weight excluding hydrogens is 400 g/mol.